The summed E-state index contributed by atoms with van der Waals surface area (Å²) in [4.78, 5) is 23.0. The Morgan fingerprint density at radius 1 is 1.42 bits per heavy atom. The number of carbonyl (C=O) groups is 2. The second-order valence-electron chi connectivity index (χ2n) is 4.34. The molecule has 6 heteroatoms. The van der Waals surface area contributed by atoms with Crippen molar-refractivity contribution < 1.29 is 19.8 Å². The van der Waals surface area contributed by atoms with Crippen LogP contribution in [0.5, 0.6) is 5.75 Å². The Bertz CT molecular complexity index is 490. The molecule has 0 bridgehead atoms. The number of benzene rings is 1. The molecule has 0 heterocycles. The lowest BCUT2D eigenvalue weighted by Crippen LogP contribution is -2.45. The lowest BCUT2D eigenvalue weighted by Gasteiger charge is -2.20. The topological polar surface area (TPSA) is 86.6 Å². The molecule has 0 aliphatic carbocycles. The first-order valence-corrected chi connectivity index (χ1v) is 6.26. The van der Waals surface area contributed by atoms with E-state index in [9.17, 15) is 14.7 Å². The monoisotopic (exact) mass is 285 g/mol. The Morgan fingerprint density at radius 2 is 2.05 bits per heavy atom. The van der Waals surface area contributed by atoms with Crippen LogP contribution in [0.3, 0.4) is 0 Å². The van der Waals surface area contributed by atoms with E-state index in [0.29, 0.717) is 6.42 Å². The van der Waals surface area contributed by atoms with Gasteiger partial charge in [0.2, 0.25) is 0 Å². The summed E-state index contributed by atoms with van der Waals surface area (Å²) in [7, 11) is 0. The molecule has 0 aromatic heterocycles. The van der Waals surface area contributed by atoms with Crippen molar-refractivity contribution in [1.82, 2.24) is 5.32 Å². The van der Waals surface area contributed by atoms with Crippen molar-refractivity contribution in [3.63, 3.8) is 0 Å². The fourth-order valence-electron chi connectivity index (χ4n) is 1.56. The van der Waals surface area contributed by atoms with Gasteiger partial charge in [-0.2, -0.15) is 0 Å². The van der Waals surface area contributed by atoms with Crippen LogP contribution in [0.15, 0.2) is 18.2 Å². The molecule has 0 saturated carbocycles. The normalized spacial score (nSPS) is 13.6. The lowest BCUT2D eigenvalue weighted by atomic mass is 9.99. The number of aliphatic carboxylic acids is 1. The number of aromatic hydroxyl groups is 1. The Hall–Kier alpha value is -1.75. The van der Waals surface area contributed by atoms with Crippen LogP contribution in [0.4, 0.5) is 0 Å². The van der Waals surface area contributed by atoms with Crippen molar-refractivity contribution in [2.75, 3.05) is 0 Å². The summed E-state index contributed by atoms with van der Waals surface area (Å²) in [6.07, 6.45) is 0.633. The minimum atomic E-state index is -1.08. The summed E-state index contributed by atoms with van der Waals surface area (Å²) in [5.74, 6) is -1.92. The first kappa shape index (κ1) is 15.3. The van der Waals surface area contributed by atoms with Crippen LogP contribution in [0.1, 0.15) is 30.6 Å². The second-order valence-corrected chi connectivity index (χ2v) is 4.75. The van der Waals surface area contributed by atoms with Crippen LogP contribution in [0.25, 0.3) is 0 Å². The second kappa shape index (κ2) is 6.43. The SMILES string of the molecule is CCC(C)C(NC(=O)c1ccc(O)c(Cl)c1)C(=O)O. The van der Waals surface area contributed by atoms with E-state index in [2.05, 4.69) is 5.32 Å². The Kier molecular flexibility index (Phi) is 5.18. The number of carboxylic acids is 1. The highest BCUT2D eigenvalue weighted by molar-refractivity contribution is 6.32. The molecule has 0 aliphatic rings. The van der Waals surface area contributed by atoms with Crippen LogP contribution in [0, 0.1) is 5.92 Å². The van der Waals surface area contributed by atoms with Crippen LogP contribution >= 0.6 is 11.6 Å². The van der Waals surface area contributed by atoms with Gasteiger partial charge in [0.15, 0.2) is 0 Å². The predicted octanol–water partition coefficient (Wildman–Crippen LogP) is 2.27. The third-order valence-electron chi connectivity index (χ3n) is 2.98. The molecule has 2 unspecified atom stereocenters. The molecule has 0 radical (unpaired) electrons. The minimum Gasteiger partial charge on any atom is -0.506 e. The quantitative estimate of drug-likeness (QED) is 0.774. The highest BCUT2D eigenvalue weighted by atomic mass is 35.5. The molecule has 3 N–H and O–H groups in total. The van der Waals surface area contributed by atoms with Crippen molar-refractivity contribution in [1.29, 1.82) is 0 Å². The highest BCUT2D eigenvalue weighted by Crippen LogP contribution is 2.23. The zero-order valence-electron chi connectivity index (χ0n) is 10.7. The van der Waals surface area contributed by atoms with Crippen LogP contribution < -0.4 is 5.32 Å². The molecule has 2 atom stereocenters. The number of carbonyl (C=O) groups excluding carboxylic acids is 1. The van der Waals surface area contributed by atoms with Gasteiger partial charge in [0.05, 0.1) is 5.02 Å². The van der Waals surface area contributed by atoms with Crippen molar-refractivity contribution in [2.45, 2.75) is 26.3 Å². The summed E-state index contributed by atoms with van der Waals surface area (Å²) in [5.41, 5.74) is 0.206. The maximum Gasteiger partial charge on any atom is 0.326 e. The molecule has 5 nitrogen and oxygen atoms in total. The van der Waals surface area contributed by atoms with Gasteiger partial charge in [0, 0.05) is 5.56 Å². The molecular weight excluding hydrogens is 270 g/mol. The largest absolute Gasteiger partial charge is 0.506 e. The van der Waals surface area contributed by atoms with Crippen molar-refractivity contribution in [3.05, 3.63) is 28.8 Å². The molecule has 1 rings (SSSR count). The number of hydrogen-bond acceptors (Lipinski definition) is 3. The van der Waals surface area contributed by atoms with E-state index < -0.39 is 17.9 Å². The fraction of sp³-hybridized carbons (Fsp3) is 0.385. The molecule has 0 aliphatic heterocycles. The van der Waals surface area contributed by atoms with Crippen LogP contribution in [-0.4, -0.2) is 28.1 Å². The van der Waals surface area contributed by atoms with E-state index >= 15 is 0 Å². The van der Waals surface area contributed by atoms with E-state index in [1.165, 1.54) is 18.2 Å². The number of rotatable bonds is 5. The lowest BCUT2D eigenvalue weighted by molar-refractivity contribution is -0.140. The number of nitrogens with one attached hydrogen (secondary N) is 1. The number of phenols is 1. The van der Waals surface area contributed by atoms with Gasteiger partial charge in [-0.1, -0.05) is 31.9 Å². The van der Waals surface area contributed by atoms with Crippen molar-refractivity contribution >= 4 is 23.5 Å². The average Bonchev–Trinajstić information content (AvgIpc) is 2.37. The van der Waals surface area contributed by atoms with Gasteiger partial charge in [-0.25, -0.2) is 4.79 Å². The third kappa shape index (κ3) is 3.86. The molecule has 0 saturated heterocycles. The van der Waals surface area contributed by atoms with Gasteiger partial charge in [-0.3, -0.25) is 4.79 Å². The molecule has 104 valence electrons. The third-order valence-corrected chi connectivity index (χ3v) is 3.28. The highest BCUT2D eigenvalue weighted by Gasteiger charge is 2.25. The zero-order chi connectivity index (χ0) is 14.6. The molecular formula is C13H16ClNO4. The van der Waals surface area contributed by atoms with Gasteiger partial charge in [0.1, 0.15) is 11.8 Å². The van der Waals surface area contributed by atoms with Gasteiger partial charge in [-0.15, -0.1) is 0 Å². The predicted molar refractivity (Wildman–Crippen MR) is 71.5 cm³/mol. The smallest absolute Gasteiger partial charge is 0.326 e. The summed E-state index contributed by atoms with van der Waals surface area (Å²) < 4.78 is 0. The standard InChI is InChI=1S/C13H16ClNO4/c1-3-7(2)11(13(18)19)15-12(17)8-4-5-10(16)9(14)6-8/h4-7,11,16H,3H2,1-2H3,(H,15,17)(H,18,19). The number of phenolic OH excluding ortho intramolecular Hbond substituents is 1. The molecule has 0 fully saturated rings. The number of carboxylic acid groups (broad SMARTS) is 1. The molecule has 19 heavy (non-hydrogen) atoms. The molecule has 1 amide bonds. The van der Waals surface area contributed by atoms with Gasteiger partial charge >= 0.3 is 5.97 Å². The molecule has 0 spiro atoms. The van der Waals surface area contributed by atoms with E-state index in [1.54, 1.807) is 6.92 Å². The number of halogens is 1. The van der Waals surface area contributed by atoms with Crippen LogP contribution in [0.2, 0.25) is 5.02 Å². The van der Waals surface area contributed by atoms with Gasteiger partial charge in [0.25, 0.3) is 5.91 Å². The summed E-state index contributed by atoms with van der Waals surface area (Å²) in [6.45, 7) is 3.60. The van der Waals surface area contributed by atoms with Gasteiger partial charge in [-0.05, 0) is 24.1 Å². The van der Waals surface area contributed by atoms with Crippen molar-refractivity contribution in [3.8, 4) is 5.75 Å². The number of hydrogen-bond donors (Lipinski definition) is 3. The van der Waals surface area contributed by atoms with E-state index in [4.69, 9.17) is 16.7 Å². The van der Waals surface area contributed by atoms with E-state index in [0.717, 1.165) is 0 Å². The fourth-order valence-corrected chi connectivity index (χ4v) is 1.74. The van der Waals surface area contributed by atoms with E-state index in [-0.39, 0.29) is 22.3 Å². The summed E-state index contributed by atoms with van der Waals surface area (Å²) in [5, 5.41) is 20.8. The Balaban J connectivity index is 2.87. The summed E-state index contributed by atoms with van der Waals surface area (Å²) in [6, 6.07) is 3.01. The first-order valence-electron chi connectivity index (χ1n) is 5.89. The van der Waals surface area contributed by atoms with Gasteiger partial charge < -0.3 is 15.5 Å². The summed E-state index contributed by atoms with van der Waals surface area (Å²) >= 11 is 5.70. The zero-order valence-corrected chi connectivity index (χ0v) is 11.4. The Morgan fingerprint density at radius 3 is 2.53 bits per heavy atom. The minimum absolute atomic E-state index is 0.0445. The number of amides is 1. The van der Waals surface area contributed by atoms with Crippen molar-refractivity contribution in [2.24, 2.45) is 5.92 Å². The maximum absolute atomic E-state index is 11.9. The average molecular weight is 286 g/mol. The maximum atomic E-state index is 11.9. The van der Waals surface area contributed by atoms with Crippen LogP contribution in [-0.2, 0) is 4.79 Å². The Labute approximate surface area is 116 Å². The molecule has 1 aromatic carbocycles. The van der Waals surface area contributed by atoms with E-state index in [1.807, 2.05) is 6.92 Å². The first-order chi connectivity index (χ1) is 8.86. The molecule has 1 aromatic rings.